The van der Waals surface area contributed by atoms with Gasteiger partial charge < -0.3 is 13.9 Å². The molecule has 4 aromatic rings. The second-order valence-electron chi connectivity index (χ2n) is 7.03. The predicted molar refractivity (Wildman–Crippen MR) is 129 cm³/mol. The first-order valence-corrected chi connectivity index (χ1v) is 11.4. The van der Waals surface area contributed by atoms with Crippen LogP contribution in [0.25, 0.3) is 5.69 Å². The molecule has 0 aliphatic rings. The first kappa shape index (κ1) is 23.1. The summed E-state index contributed by atoms with van der Waals surface area (Å²) in [5.74, 6) is 2.45. The van der Waals surface area contributed by atoms with Crippen LogP contribution >= 0.6 is 11.8 Å². The number of benzene rings is 2. The minimum absolute atomic E-state index is 0.122. The Bertz CT molecular complexity index is 1260. The van der Waals surface area contributed by atoms with Crippen LogP contribution < -0.4 is 14.9 Å². The van der Waals surface area contributed by atoms with Gasteiger partial charge in [-0.2, -0.15) is 5.10 Å². The van der Waals surface area contributed by atoms with E-state index in [9.17, 15) is 4.79 Å². The van der Waals surface area contributed by atoms with E-state index in [-0.39, 0.29) is 11.7 Å². The third-order valence-corrected chi connectivity index (χ3v) is 5.71. The number of hydrogen-bond acceptors (Lipinski definition) is 8. The van der Waals surface area contributed by atoms with Gasteiger partial charge in [-0.05, 0) is 42.0 Å². The average Bonchev–Trinajstić information content (AvgIpc) is 3.53. The molecule has 0 radical (unpaired) electrons. The molecular weight excluding hydrogens is 454 g/mol. The highest BCUT2D eigenvalue weighted by molar-refractivity contribution is 7.99. The highest BCUT2D eigenvalue weighted by atomic mass is 32.2. The third kappa shape index (κ3) is 5.65. The van der Waals surface area contributed by atoms with Crippen LogP contribution in [0.5, 0.6) is 11.5 Å². The standard InChI is InChI=1S/C24H23N5O4S/c1-31-20-11-10-17(13-21(20)32-2)14-22-26-28-24(29(22)18-7-4-3-5-8-18)34-16-23(30)27-25-15-19-9-6-12-33-19/h3-13,15H,14,16H2,1-2H3,(H,27,30)/b25-15+. The maximum atomic E-state index is 12.3. The Hall–Kier alpha value is -4.05. The summed E-state index contributed by atoms with van der Waals surface area (Å²) in [4.78, 5) is 12.3. The molecule has 1 N–H and O–H groups in total. The molecule has 174 valence electrons. The van der Waals surface area contributed by atoms with Gasteiger partial charge in [0.2, 0.25) is 0 Å². The molecule has 34 heavy (non-hydrogen) atoms. The average molecular weight is 478 g/mol. The smallest absolute Gasteiger partial charge is 0.250 e. The van der Waals surface area contributed by atoms with E-state index in [1.54, 1.807) is 26.4 Å². The van der Waals surface area contributed by atoms with Crippen molar-refractivity contribution in [3.63, 3.8) is 0 Å². The molecule has 2 heterocycles. The number of methoxy groups -OCH3 is 2. The Balaban J connectivity index is 1.51. The van der Waals surface area contributed by atoms with Gasteiger partial charge in [-0.25, -0.2) is 5.43 Å². The van der Waals surface area contributed by atoms with E-state index in [4.69, 9.17) is 13.9 Å². The SMILES string of the molecule is COc1ccc(Cc2nnc(SCC(=O)N/N=C/c3ccco3)n2-c2ccccc2)cc1OC. The van der Waals surface area contributed by atoms with Crippen molar-refractivity contribution in [3.8, 4) is 17.2 Å². The van der Waals surface area contributed by atoms with Crippen molar-refractivity contribution in [2.24, 2.45) is 5.10 Å². The predicted octanol–water partition coefficient (Wildman–Crippen LogP) is 3.71. The molecule has 9 nitrogen and oxygen atoms in total. The van der Waals surface area contributed by atoms with Crippen molar-refractivity contribution in [1.29, 1.82) is 0 Å². The zero-order chi connectivity index (χ0) is 23.8. The van der Waals surface area contributed by atoms with Crippen LogP contribution in [0.1, 0.15) is 17.1 Å². The molecule has 0 fully saturated rings. The van der Waals surface area contributed by atoms with Crippen LogP contribution in [0.2, 0.25) is 0 Å². The number of carbonyl (C=O) groups is 1. The van der Waals surface area contributed by atoms with Crippen LogP contribution in [0.4, 0.5) is 0 Å². The lowest BCUT2D eigenvalue weighted by Crippen LogP contribution is -2.20. The van der Waals surface area contributed by atoms with E-state index in [2.05, 4.69) is 20.7 Å². The largest absolute Gasteiger partial charge is 0.493 e. The summed E-state index contributed by atoms with van der Waals surface area (Å²) in [6.07, 6.45) is 3.49. The molecule has 4 rings (SSSR count). The first-order chi connectivity index (χ1) is 16.7. The van der Waals surface area contributed by atoms with E-state index in [0.29, 0.717) is 28.8 Å². The van der Waals surface area contributed by atoms with Crippen molar-refractivity contribution in [2.45, 2.75) is 11.6 Å². The van der Waals surface area contributed by atoms with Gasteiger partial charge >= 0.3 is 0 Å². The van der Waals surface area contributed by atoms with E-state index in [0.717, 1.165) is 17.1 Å². The number of furan rings is 1. The number of nitrogens with zero attached hydrogens (tertiary/aromatic N) is 4. The molecular formula is C24H23N5O4S. The molecule has 0 spiro atoms. The molecule has 2 aromatic carbocycles. The Morgan fingerprint density at radius 3 is 2.65 bits per heavy atom. The minimum atomic E-state index is -0.267. The van der Waals surface area contributed by atoms with Gasteiger partial charge in [0.1, 0.15) is 11.6 Å². The van der Waals surface area contributed by atoms with Crippen molar-refractivity contribution in [1.82, 2.24) is 20.2 Å². The number of ether oxygens (including phenoxy) is 2. The number of hydrogen-bond donors (Lipinski definition) is 1. The molecule has 10 heteroatoms. The summed E-state index contributed by atoms with van der Waals surface area (Å²) in [6.45, 7) is 0. The van der Waals surface area contributed by atoms with Gasteiger partial charge in [-0.1, -0.05) is 36.0 Å². The Morgan fingerprint density at radius 1 is 1.09 bits per heavy atom. The second kappa shape index (κ2) is 11.2. The van der Waals surface area contributed by atoms with E-state index < -0.39 is 0 Å². The van der Waals surface area contributed by atoms with Crippen LogP contribution in [0.3, 0.4) is 0 Å². The molecule has 0 aliphatic carbocycles. The van der Waals surface area contributed by atoms with Crippen LogP contribution in [-0.2, 0) is 11.2 Å². The van der Waals surface area contributed by atoms with E-state index in [1.807, 2.05) is 53.1 Å². The molecule has 0 unspecified atom stereocenters. The second-order valence-corrected chi connectivity index (χ2v) is 7.98. The van der Waals surface area contributed by atoms with Gasteiger partial charge in [0, 0.05) is 12.1 Å². The van der Waals surface area contributed by atoms with Crippen LogP contribution in [-0.4, -0.2) is 46.9 Å². The van der Waals surface area contributed by atoms with Crippen molar-refractivity contribution >= 4 is 23.9 Å². The van der Waals surface area contributed by atoms with Gasteiger partial charge in [0.25, 0.3) is 5.91 Å². The Morgan fingerprint density at radius 2 is 1.91 bits per heavy atom. The van der Waals surface area contributed by atoms with Crippen LogP contribution in [0, 0.1) is 0 Å². The Labute approximate surface area is 200 Å². The fourth-order valence-corrected chi connectivity index (χ4v) is 3.98. The number of carbonyl (C=O) groups excluding carboxylic acids is 1. The number of rotatable bonds is 10. The highest BCUT2D eigenvalue weighted by Crippen LogP contribution is 2.29. The quantitative estimate of drug-likeness (QED) is 0.211. The first-order valence-electron chi connectivity index (χ1n) is 10.4. The summed E-state index contributed by atoms with van der Waals surface area (Å²) in [5.41, 5.74) is 4.38. The van der Waals surface area contributed by atoms with Crippen molar-refractivity contribution in [3.05, 3.63) is 84.1 Å². The summed E-state index contributed by atoms with van der Waals surface area (Å²) in [5, 5.41) is 13.3. The monoisotopic (exact) mass is 477 g/mol. The van der Waals surface area contributed by atoms with Crippen molar-refractivity contribution < 1.29 is 18.7 Å². The number of nitrogens with one attached hydrogen (secondary N) is 1. The number of aromatic nitrogens is 3. The molecule has 1 amide bonds. The summed E-state index contributed by atoms with van der Waals surface area (Å²) >= 11 is 1.28. The fraction of sp³-hybridized carbons (Fsp3) is 0.167. The van der Waals surface area contributed by atoms with Gasteiger partial charge in [0.15, 0.2) is 16.7 Å². The summed E-state index contributed by atoms with van der Waals surface area (Å²) in [6, 6.07) is 19.0. The maximum Gasteiger partial charge on any atom is 0.250 e. The summed E-state index contributed by atoms with van der Waals surface area (Å²) in [7, 11) is 3.21. The minimum Gasteiger partial charge on any atom is -0.493 e. The topological polar surface area (TPSA) is 104 Å². The fourth-order valence-electron chi connectivity index (χ4n) is 3.21. The molecule has 0 aliphatic heterocycles. The third-order valence-electron chi connectivity index (χ3n) is 4.78. The van der Waals surface area contributed by atoms with Crippen molar-refractivity contribution in [2.75, 3.05) is 20.0 Å². The molecule has 0 saturated carbocycles. The number of para-hydroxylation sites is 1. The molecule has 0 saturated heterocycles. The number of thioether (sulfide) groups is 1. The highest BCUT2D eigenvalue weighted by Gasteiger charge is 2.17. The maximum absolute atomic E-state index is 12.3. The van der Waals surface area contributed by atoms with E-state index >= 15 is 0 Å². The number of hydrazone groups is 1. The van der Waals surface area contributed by atoms with E-state index in [1.165, 1.54) is 24.2 Å². The van der Waals surface area contributed by atoms with Gasteiger partial charge in [-0.3, -0.25) is 9.36 Å². The molecule has 0 atom stereocenters. The van der Waals surface area contributed by atoms with Gasteiger partial charge in [0.05, 0.1) is 32.5 Å². The lowest BCUT2D eigenvalue weighted by molar-refractivity contribution is -0.118. The number of amides is 1. The normalized spacial score (nSPS) is 11.0. The molecule has 0 bridgehead atoms. The van der Waals surface area contributed by atoms with Gasteiger partial charge in [-0.15, -0.1) is 10.2 Å². The molecule has 2 aromatic heterocycles. The lowest BCUT2D eigenvalue weighted by Gasteiger charge is -2.12. The Kier molecular flexibility index (Phi) is 7.61. The lowest BCUT2D eigenvalue weighted by atomic mass is 10.1. The summed E-state index contributed by atoms with van der Waals surface area (Å²) < 4.78 is 17.8. The van der Waals surface area contributed by atoms with Crippen LogP contribution in [0.15, 0.2) is 81.6 Å². The zero-order valence-corrected chi connectivity index (χ0v) is 19.5. The zero-order valence-electron chi connectivity index (χ0n) is 18.7.